The lowest BCUT2D eigenvalue weighted by Gasteiger charge is -2.11. The molecule has 0 aliphatic rings. The van der Waals surface area contributed by atoms with E-state index in [9.17, 15) is 8.78 Å². The Balaban J connectivity index is 2.31. The molecule has 2 aromatic carbocycles. The van der Waals surface area contributed by atoms with Gasteiger partial charge in [0.05, 0.1) is 17.1 Å². The van der Waals surface area contributed by atoms with Crippen molar-refractivity contribution < 1.29 is 8.78 Å². The van der Waals surface area contributed by atoms with Crippen molar-refractivity contribution >= 4 is 39.7 Å². The number of nitrogen functional groups attached to an aromatic ring is 1. The van der Waals surface area contributed by atoms with Gasteiger partial charge in [0.1, 0.15) is 11.6 Å². The summed E-state index contributed by atoms with van der Waals surface area (Å²) >= 11 is 2.01. The second-order valence-electron chi connectivity index (χ2n) is 3.48. The normalized spacial score (nSPS) is 10.3. The van der Waals surface area contributed by atoms with Gasteiger partial charge in [-0.05, 0) is 59.0 Å². The molecule has 0 heterocycles. The molecule has 5 heteroatoms. The maximum Gasteiger partial charge on any atom is 0.125 e. The van der Waals surface area contributed by atoms with Gasteiger partial charge in [-0.2, -0.15) is 0 Å². The van der Waals surface area contributed by atoms with Crippen molar-refractivity contribution in [2.24, 2.45) is 0 Å². The molecule has 0 aliphatic heterocycles. The molecule has 0 aliphatic carbocycles. The van der Waals surface area contributed by atoms with Crippen molar-refractivity contribution in [1.29, 1.82) is 0 Å². The highest BCUT2D eigenvalue weighted by atomic mass is 127. The number of hydrogen-bond acceptors (Lipinski definition) is 2. The molecule has 0 spiro atoms. The van der Waals surface area contributed by atoms with Crippen LogP contribution in [0.1, 0.15) is 0 Å². The summed E-state index contributed by atoms with van der Waals surface area (Å²) < 4.78 is 26.5. The fourth-order valence-corrected chi connectivity index (χ4v) is 2.00. The highest BCUT2D eigenvalue weighted by Gasteiger charge is 2.05. The average molecular weight is 346 g/mol. The molecule has 2 aromatic rings. The Morgan fingerprint density at radius 3 is 2.12 bits per heavy atom. The topological polar surface area (TPSA) is 38.0 Å². The molecular weight excluding hydrogens is 337 g/mol. The zero-order chi connectivity index (χ0) is 12.4. The van der Waals surface area contributed by atoms with Crippen molar-refractivity contribution in [3.63, 3.8) is 0 Å². The van der Waals surface area contributed by atoms with Crippen LogP contribution in [-0.4, -0.2) is 0 Å². The highest BCUT2D eigenvalue weighted by Crippen LogP contribution is 2.27. The zero-order valence-electron chi connectivity index (χ0n) is 8.68. The van der Waals surface area contributed by atoms with E-state index in [4.69, 9.17) is 5.73 Å². The van der Waals surface area contributed by atoms with Gasteiger partial charge in [-0.1, -0.05) is 0 Å². The SMILES string of the molecule is Nc1cc(F)ccc1Nc1ccc(F)cc1I. The summed E-state index contributed by atoms with van der Waals surface area (Å²) in [6.45, 7) is 0. The van der Waals surface area contributed by atoms with Crippen molar-refractivity contribution in [2.75, 3.05) is 11.1 Å². The average Bonchev–Trinajstić information content (AvgIpc) is 2.25. The molecule has 0 aromatic heterocycles. The Bertz CT molecular complexity index is 509. The summed E-state index contributed by atoms with van der Waals surface area (Å²) in [4.78, 5) is 0. The molecule has 2 nitrogen and oxygen atoms in total. The van der Waals surface area contributed by atoms with Crippen LogP contribution in [0, 0.1) is 15.2 Å². The number of rotatable bonds is 2. The van der Waals surface area contributed by atoms with Crippen LogP contribution in [0.25, 0.3) is 0 Å². The Labute approximate surface area is 111 Å². The molecule has 17 heavy (non-hydrogen) atoms. The van der Waals surface area contributed by atoms with Gasteiger partial charge in [0, 0.05) is 3.57 Å². The summed E-state index contributed by atoms with van der Waals surface area (Å²) in [5.74, 6) is -0.686. The predicted molar refractivity (Wildman–Crippen MR) is 73.2 cm³/mol. The minimum Gasteiger partial charge on any atom is -0.397 e. The molecule has 0 saturated carbocycles. The van der Waals surface area contributed by atoms with Gasteiger partial charge in [0.2, 0.25) is 0 Å². The van der Waals surface area contributed by atoms with E-state index in [1.165, 1.54) is 24.3 Å². The van der Waals surface area contributed by atoms with Gasteiger partial charge in [-0.25, -0.2) is 8.78 Å². The number of halogens is 3. The van der Waals surface area contributed by atoms with E-state index in [1.807, 2.05) is 22.6 Å². The first-order valence-corrected chi connectivity index (χ1v) is 5.91. The quantitative estimate of drug-likeness (QED) is 0.640. The fourth-order valence-electron chi connectivity index (χ4n) is 1.38. The second kappa shape index (κ2) is 4.87. The van der Waals surface area contributed by atoms with E-state index in [0.29, 0.717) is 11.4 Å². The molecule has 0 amide bonds. The van der Waals surface area contributed by atoms with Crippen molar-refractivity contribution in [2.45, 2.75) is 0 Å². The van der Waals surface area contributed by atoms with Gasteiger partial charge in [0.15, 0.2) is 0 Å². The first-order valence-electron chi connectivity index (χ1n) is 4.83. The van der Waals surface area contributed by atoms with Crippen LogP contribution >= 0.6 is 22.6 Å². The highest BCUT2D eigenvalue weighted by molar-refractivity contribution is 14.1. The van der Waals surface area contributed by atoms with E-state index in [1.54, 1.807) is 12.1 Å². The third kappa shape index (κ3) is 2.85. The molecule has 88 valence electrons. The van der Waals surface area contributed by atoms with Crippen LogP contribution in [0.3, 0.4) is 0 Å². The zero-order valence-corrected chi connectivity index (χ0v) is 10.8. The second-order valence-corrected chi connectivity index (χ2v) is 4.64. The van der Waals surface area contributed by atoms with Gasteiger partial charge >= 0.3 is 0 Å². The molecule has 0 fully saturated rings. The summed E-state index contributed by atoms with van der Waals surface area (Å²) in [7, 11) is 0. The molecule has 0 saturated heterocycles. The van der Waals surface area contributed by atoms with Gasteiger partial charge in [-0.15, -0.1) is 0 Å². The van der Waals surface area contributed by atoms with Crippen LogP contribution in [0.4, 0.5) is 25.8 Å². The van der Waals surface area contributed by atoms with Crippen LogP contribution in [0.2, 0.25) is 0 Å². The summed E-state index contributed by atoms with van der Waals surface area (Å²) in [5, 5.41) is 3.03. The third-order valence-corrected chi connectivity index (χ3v) is 3.11. The molecule has 0 radical (unpaired) electrons. The summed E-state index contributed by atoms with van der Waals surface area (Å²) in [5.41, 5.74) is 7.30. The predicted octanol–water partition coefficient (Wildman–Crippen LogP) is 3.90. The van der Waals surface area contributed by atoms with Crippen molar-refractivity contribution in [3.05, 3.63) is 51.6 Å². The molecular formula is C12H9F2IN2. The van der Waals surface area contributed by atoms with Crippen molar-refractivity contribution in [3.8, 4) is 0 Å². The Morgan fingerprint density at radius 2 is 1.53 bits per heavy atom. The lowest BCUT2D eigenvalue weighted by atomic mass is 10.2. The fraction of sp³-hybridized carbons (Fsp3) is 0. The van der Waals surface area contributed by atoms with E-state index in [0.717, 1.165) is 9.26 Å². The Morgan fingerprint density at radius 1 is 0.941 bits per heavy atom. The monoisotopic (exact) mass is 346 g/mol. The maximum absolute atomic E-state index is 12.9. The van der Waals surface area contributed by atoms with Gasteiger partial charge in [-0.3, -0.25) is 0 Å². The van der Waals surface area contributed by atoms with E-state index in [2.05, 4.69) is 5.32 Å². The summed E-state index contributed by atoms with van der Waals surface area (Å²) in [6, 6.07) is 8.46. The van der Waals surface area contributed by atoms with Gasteiger partial charge in [0.25, 0.3) is 0 Å². The minimum atomic E-state index is -0.387. The third-order valence-electron chi connectivity index (χ3n) is 2.21. The molecule has 0 bridgehead atoms. The van der Waals surface area contributed by atoms with Crippen LogP contribution in [0.5, 0.6) is 0 Å². The smallest absolute Gasteiger partial charge is 0.125 e. The first-order chi connectivity index (χ1) is 8.06. The maximum atomic E-state index is 12.9. The van der Waals surface area contributed by atoms with E-state index >= 15 is 0 Å². The van der Waals surface area contributed by atoms with Crippen molar-refractivity contribution in [1.82, 2.24) is 0 Å². The number of nitrogens with two attached hydrogens (primary N) is 1. The minimum absolute atomic E-state index is 0.299. The van der Waals surface area contributed by atoms with Crippen LogP contribution < -0.4 is 11.1 Å². The Kier molecular flexibility index (Phi) is 3.46. The Hall–Kier alpha value is -1.37. The molecule has 0 atom stereocenters. The molecule has 2 rings (SSSR count). The molecule has 3 N–H and O–H groups in total. The van der Waals surface area contributed by atoms with Crippen LogP contribution in [0.15, 0.2) is 36.4 Å². The number of nitrogens with one attached hydrogen (secondary N) is 1. The number of anilines is 3. The lowest BCUT2D eigenvalue weighted by Crippen LogP contribution is -1.98. The lowest BCUT2D eigenvalue weighted by molar-refractivity contribution is 0.627. The largest absolute Gasteiger partial charge is 0.397 e. The van der Waals surface area contributed by atoms with E-state index < -0.39 is 0 Å². The number of hydrogen-bond donors (Lipinski definition) is 2. The van der Waals surface area contributed by atoms with Crippen LogP contribution in [-0.2, 0) is 0 Å². The van der Waals surface area contributed by atoms with Gasteiger partial charge < -0.3 is 11.1 Å². The first kappa shape index (κ1) is 12.1. The summed E-state index contributed by atoms with van der Waals surface area (Å²) in [6.07, 6.45) is 0. The molecule has 0 unspecified atom stereocenters. The standard InChI is InChI=1S/C12H9F2IN2/c13-7-1-3-11(9(15)5-7)17-12-4-2-8(14)6-10(12)16/h1-6,17H,16H2. The van der Waals surface area contributed by atoms with E-state index in [-0.39, 0.29) is 11.6 Å². The number of benzene rings is 2.